The van der Waals surface area contributed by atoms with Crippen LogP contribution in [0.25, 0.3) is 0 Å². The molecule has 4 nitrogen and oxygen atoms in total. The summed E-state index contributed by atoms with van der Waals surface area (Å²) in [6.07, 6.45) is 2.18. The van der Waals surface area contributed by atoms with Crippen LogP contribution in [0.5, 0.6) is 0 Å². The summed E-state index contributed by atoms with van der Waals surface area (Å²) in [6.45, 7) is 2.30. The Morgan fingerprint density at radius 1 is 1.32 bits per heavy atom. The molecule has 0 aromatic heterocycles. The molecule has 1 unspecified atom stereocenters. The van der Waals surface area contributed by atoms with Crippen LogP contribution in [0.2, 0.25) is 0 Å². The molecule has 0 saturated carbocycles. The topological polar surface area (TPSA) is 64.3 Å². The van der Waals surface area contributed by atoms with Crippen molar-refractivity contribution in [3.8, 4) is 0 Å². The van der Waals surface area contributed by atoms with E-state index in [1.807, 2.05) is 30.3 Å². The SMILES string of the molecule is NCCC(OC(=O)C1CCNCC1)c1ccccc1. The zero-order valence-corrected chi connectivity index (χ0v) is 11.2. The number of esters is 1. The highest BCUT2D eigenvalue weighted by Gasteiger charge is 2.25. The van der Waals surface area contributed by atoms with Crippen molar-refractivity contribution in [3.05, 3.63) is 35.9 Å². The summed E-state index contributed by atoms with van der Waals surface area (Å²) in [5.74, 6) is -0.0472. The number of carbonyl (C=O) groups excluding carboxylic acids is 1. The van der Waals surface area contributed by atoms with Gasteiger partial charge in [0.1, 0.15) is 6.10 Å². The molecular formula is C15H22N2O2. The van der Waals surface area contributed by atoms with E-state index in [1.165, 1.54) is 0 Å². The summed E-state index contributed by atoms with van der Waals surface area (Å²) in [6, 6.07) is 9.83. The van der Waals surface area contributed by atoms with Gasteiger partial charge in [0.2, 0.25) is 0 Å². The minimum atomic E-state index is -0.214. The zero-order chi connectivity index (χ0) is 13.5. The van der Waals surface area contributed by atoms with Crippen molar-refractivity contribution in [3.63, 3.8) is 0 Å². The summed E-state index contributed by atoms with van der Waals surface area (Å²) in [5, 5.41) is 3.25. The van der Waals surface area contributed by atoms with Crippen LogP contribution in [0, 0.1) is 5.92 Å². The number of nitrogens with one attached hydrogen (secondary N) is 1. The van der Waals surface area contributed by atoms with Gasteiger partial charge in [-0.2, -0.15) is 0 Å². The fourth-order valence-electron chi connectivity index (χ4n) is 2.41. The molecule has 1 aromatic rings. The molecule has 3 N–H and O–H groups in total. The van der Waals surface area contributed by atoms with Gasteiger partial charge in [0.25, 0.3) is 0 Å². The molecule has 2 rings (SSSR count). The second kappa shape index (κ2) is 7.26. The van der Waals surface area contributed by atoms with Crippen molar-refractivity contribution in [2.45, 2.75) is 25.4 Å². The maximum Gasteiger partial charge on any atom is 0.309 e. The van der Waals surface area contributed by atoms with Gasteiger partial charge < -0.3 is 15.8 Å². The van der Waals surface area contributed by atoms with Crippen LogP contribution in [0.4, 0.5) is 0 Å². The van der Waals surface area contributed by atoms with Gasteiger partial charge in [0.15, 0.2) is 0 Å². The quantitative estimate of drug-likeness (QED) is 0.791. The van der Waals surface area contributed by atoms with E-state index < -0.39 is 0 Å². The highest BCUT2D eigenvalue weighted by Crippen LogP contribution is 2.24. The predicted molar refractivity (Wildman–Crippen MR) is 74.5 cm³/mol. The van der Waals surface area contributed by atoms with Crippen molar-refractivity contribution >= 4 is 5.97 Å². The lowest BCUT2D eigenvalue weighted by Gasteiger charge is -2.24. The lowest BCUT2D eigenvalue weighted by molar-refractivity contribution is -0.155. The molecule has 0 radical (unpaired) electrons. The number of hydrogen-bond donors (Lipinski definition) is 2. The smallest absolute Gasteiger partial charge is 0.309 e. The Morgan fingerprint density at radius 2 is 2.00 bits per heavy atom. The van der Waals surface area contributed by atoms with Crippen LogP contribution in [0.1, 0.15) is 30.9 Å². The van der Waals surface area contributed by atoms with Crippen LogP contribution in [0.15, 0.2) is 30.3 Å². The van der Waals surface area contributed by atoms with Gasteiger partial charge >= 0.3 is 5.97 Å². The second-order valence-corrected chi connectivity index (χ2v) is 4.94. The summed E-state index contributed by atoms with van der Waals surface area (Å²) >= 11 is 0. The molecule has 1 heterocycles. The highest BCUT2D eigenvalue weighted by atomic mass is 16.5. The van der Waals surface area contributed by atoms with Crippen LogP contribution in [-0.2, 0) is 9.53 Å². The minimum Gasteiger partial charge on any atom is -0.457 e. The Hall–Kier alpha value is -1.39. The molecule has 0 aliphatic carbocycles. The number of carbonyl (C=O) groups is 1. The maximum absolute atomic E-state index is 12.2. The molecule has 4 heteroatoms. The molecule has 1 aliphatic rings. The van der Waals surface area contributed by atoms with Gasteiger partial charge in [0.05, 0.1) is 5.92 Å². The van der Waals surface area contributed by atoms with E-state index in [1.54, 1.807) is 0 Å². The molecular weight excluding hydrogens is 240 g/mol. The van der Waals surface area contributed by atoms with Crippen molar-refractivity contribution in [1.29, 1.82) is 0 Å². The van der Waals surface area contributed by atoms with E-state index in [9.17, 15) is 4.79 Å². The molecule has 1 saturated heterocycles. The van der Waals surface area contributed by atoms with E-state index in [4.69, 9.17) is 10.5 Å². The van der Waals surface area contributed by atoms with Crippen molar-refractivity contribution in [2.24, 2.45) is 11.7 Å². The summed E-state index contributed by atoms with van der Waals surface area (Å²) < 4.78 is 5.67. The Balaban J connectivity index is 1.98. The second-order valence-electron chi connectivity index (χ2n) is 4.94. The first-order valence-electron chi connectivity index (χ1n) is 6.97. The van der Waals surface area contributed by atoms with E-state index in [2.05, 4.69) is 5.32 Å². The molecule has 104 valence electrons. The summed E-state index contributed by atoms with van der Waals surface area (Å²) in [5.41, 5.74) is 6.64. The maximum atomic E-state index is 12.2. The average Bonchev–Trinajstić information content (AvgIpc) is 2.48. The monoisotopic (exact) mass is 262 g/mol. The van der Waals surface area contributed by atoms with E-state index in [0.717, 1.165) is 31.5 Å². The number of nitrogens with two attached hydrogens (primary N) is 1. The van der Waals surface area contributed by atoms with Crippen LogP contribution in [-0.4, -0.2) is 25.6 Å². The van der Waals surface area contributed by atoms with Crippen molar-refractivity contribution in [1.82, 2.24) is 5.32 Å². The first kappa shape index (κ1) is 14.0. The lowest BCUT2D eigenvalue weighted by atomic mass is 9.98. The number of benzene rings is 1. The summed E-state index contributed by atoms with van der Waals surface area (Å²) in [4.78, 5) is 12.2. The molecule has 1 fully saturated rings. The fraction of sp³-hybridized carbons (Fsp3) is 0.533. The third-order valence-electron chi connectivity index (χ3n) is 3.53. The lowest BCUT2D eigenvalue weighted by Crippen LogP contribution is -2.33. The molecule has 1 aromatic carbocycles. The summed E-state index contributed by atoms with van der Waals surface area (Å²) in [7, 11) is 0. The Kier molecular flexibility index (Phi) is 5.36. The molecule has 0 bridgehead atoms. The van der Waals surface area contributed by atoms with Gasteiger partial charge in [0, 0.05) is 6.42 Å². The predicted octanol–water partition coefficient (Wildman–Crippen LogP) is 1.62. The molecule has 19 heavy (non-hydrogen) atoms. The van der Waals surface area contributed by atoms with Gasteiger partial charge in [-0.25, -0.2) is 0 Å². The third kappa shape index (κ3) is 4.04. The van der Waals surface area contributed by atoms with E-state index in [0.29, 0.717) is 13.0 Å². The van der Waals surface area contributed by atoms with Crippen molar-refractivity contribution in [2.75, 3.05) is 19.6 Å². The number of ether oxygens (including phenoxy) is 1. The normalized spacial score (nSPS) is 17.9. The first-order chi connectivity index (χ1) is 9.31. The number of piperidine rings is 1. The molecule has 1 atom stereocenters. The zero-order valence-electron chi connectivity index (χ0n) is 11.2. The van der Waals surface area contributed by atoms with E-state index >= 15 is 0 Å². The van der Waals surface area contributed by atoms with E-state index in [-0.39, 0.29) is 18.0 Å². The Labute approximate surface area is 114 Å². The Morgan fingerprint density at radius 3 is 2.63 bits per heavy atom. The van der Waals surface area contributed by atoms with Gasteiger partial charge in [-0.05, 0) is 38.0 Å². The number of rotatable bonds is 5. The van der Waals surface area contributed by atoms with Crippen LogP contribution < -0.4 is 11.1 Å². The van der Waals surface area contributed by atoms with Gasteiger partial charge in [-0.15, -0.1) is 0 Å². The minimum absolute atomic E-state index is 0.0326. The Bertz CT molecular complexity index is 388. The standard InChI is InChI=1S/C15H22N2O2/c16-9-6-14(12-4-2-1-3-5-12)19-15(18)13-7-10-17-11-8-13/h1-5,13-14,17H,6-11,16H2. The average molecular weight is 262 g/mol. The van der Waals surface area contributed by atoms with Crippen molar-refractivity contribution < 1.29 is 9.53 Å². The van der Waals surface area contributed by atoms with Crippen LogP contribution >= 0.6 is 0 Å². The largest absolute Gasteiger partial charge is 0.457 e. The highest BCUT2D eigenvalue weighted by molar-refractivity contribution is 5.72. The first-order valence-corrected chi connectivity index (χ1v) is 6.97. The molecule has 0 spiro atoms. The van der Waals surface area contributed by atoms with Crippen LogP contribution in [0.3, 0.4) is 0 Å². The molecule has 0 amide bonds. The third-order valence-corrected chi connectivity index (χ3v) is 3.53. The molecule has 1 aliphatic heterocycles. The number of hydrogen-bond acceptors (Lipinski definition) is 4. The fourth-order valence-corrected chi connectivity index (χ4v) is 2.41. The van der Waals surface area contributed by atoms with Gasteiger partial charge in [-0.1, -0.05) is 30.3 Å². The van der Waals surface area contributed by atoms with Gasteiger partial charge in [-0.3, -0.25) is 4.79 Å².